The van der Waals surface area contributed by atoms with E-state index < -0.39 is 10.0 Å². The quantitative estimate of drug-likeness (QED) is 0.907. The van der Waals surface area contributed by atoms with Gasteiger partial charge in [0, 0.05) is 6.20 Å². The molecular weight excluding hydrogens is 324 g/mol. The Labute approximate surface area is 134 Å². The first-order chi connectivity index (χ1) is 10.5. The fourth-order valence-electron chi connectivity index (χ4n) is 2.44. The van der Waals surface area contributed by atoms with Crippen LogP contribution in [0.3, 0.4) is 0 Å². The number of aromatic nitrogens is 3. The number of anilines is 1. The predicted octanol–water partition coefficient (Wildman–Crippen LogP) is 3.02. The lowest BCUT2D eigenvalue weighted by atomic mass is 9.93. The van der Waals surface area contributed by atoms with Crippen LogP contribution >= 0.6 is 11.6 Å². The second-order valence-corrected chi connectivity index (χ2v) is 7.38. The maximum Gasteiger partial charge on any atom is 0.280 e. The van der Waals surface area contributed by atoms with Crippen LogP contribution in [0.4, 0.5) is 5.82 Å². The van der Waals surface area contributed by atoms with Gasteiger partial charge in [-0.2, -0.15) is 13.5 Å². The predicted molar refractivity (Wildman–Crippen MR) is 84.5 cm³/mol. The van der Waals surface area contributed by atoms with Crippen LogP contribution in [0.2, 0.25) is 5.02 Å². The summed E-state index contributed by atoms with van der Waals surface area (Å²) in [4.78, 5) is 4.10. The number of aryl methyl sites for hydroxylation is 1. The number of hydrogen-bond acceptors (Lipinski definition) is 4. The van der Waals surface area contributed by atoms with Crippen LogP contribution in [0.25, 0.3) is 0 Å². The topological polar surface area (TPSA) is 76.9 Å². The first kappa shape index (κ1) is 15.3. The van der Waals surface area contributed by atoms with Gasteiger partial charge in [-0.1, -0.05) is 18.5 Å². The highest BCUT2D eigenvalue weighted by atomic mass is 35.5. The zero-order valence-electron chi connectivity index (χ0n) is 12.2. The highest BCUT2D eigenvalue weighted by Gasteiger charge is 2.28. The fourth-order valence-corrected chi connectivity index (χ4v) is 3.85. The molecule has 118 valence electrons. The first-order valence-corrected chi connectivity index (χ1v) is 9.08. The smallest absolute Gasteiger partial charge is 0.262 e. The van der Waals surface area contributed by atoms with Gasteiger partial charge in [-0.25, -0.2) is 9.67 Å². The van der Waals surface area contributed by atoms with Crippen molar-refractivity contribution in [2.24, 2.45) is 0 Å². The van der Waals surface area contributed by atoms with E-state index in [2.05, 4.69) is 14.8 Å². The van der Waals surface area contributed by atoms with Crippen LogP contribution in [-0.2, 0) is 16.4 Å². The zero-order valence-corrected chi connectivity index (χ0v) is 13.7. The fraction of sp³-hybridized carbons (Fsp3) is 0.429. The van der Waals surface area contributed by atoms with Gasteiger partial charge < -0.3 is 0 Å². The van der Waals surface area contributed by atoms with Crippen molar-refractivity contribution in [2.75, 3.05) is 4.72 Å². The number of hydrogen-bond donors (Lipinski definition) is 1. The van der Waals surface area contributed by atoms with Crippen LogP contribution in [0.5, 0.6) is 0 Å². The highest BCUT2D eigenvalue weighted by Crippen LogP contribution is 2.33. The molecular formula is C14H17ClN4O2S. The lowest BCUT2D eigenvalue weighted by Gasteiger charge is -2.27. The molecule has 0 bridgehead atoms. The molecule has 1 aliphatic carbocycles. The monoisotopic (exact) mass is 340 g/mol. The molecule has 0 aliphatic heterocycles. The van der Waals surface area contributed by atoms with E-state index in [-0.39, 0.29) is 11.1 Å². The first-order valence-electron chi connectivity index (χ1n) is 7.22. The molecule has 2 aromatic heterocycles. The van der Waals surface area contributed by atoms with Crippen LogP contribution < -0.4 is 4.72 Å². The van der Waals surface area contributed by atoms with Gasteiger partial charge in [0.15, 0.2) is 5.03 Å². The molecule has 0 amide bonds. The van der Waals surface area contributed by atoms with Gasteiger partial charge in [0.25, 0.3) is 10.0 Å². The van der Waals surface area contributed by atoms with Gasteiger partial charge in [0.1, 0.15) is 5.82 Å². The molecule has 3 rings (SSSR count). The molecule has 0 saturated heterocycles. The lowest BCUT2D eigenvalue weighted by Crippen LogP contribution is -2.25. The average molecular weight is 341 g/mol. The minimum absolute atomic E-state index is 0.172. The maximum atomic E-state index is 12.6. The molecule has 2 aromatic rings. The molecule has 0 radical (unpaired) electrons. The number of rotatable bonds is 5. The Morgan fingerprint density at radius 2 is 2.23 bits per heavy atom. The van der Waals surface area contributed by atoms with Gasteiger partial charge in [-0.3, -0.25) is 4.72 Å². The number of nitrogens with one attached hydrogen (secondary N) is 1. The van der Waals surface area contributed by atoms with E-state index in [9.17, 15) is 8.42 Å². The number of halogens is 1. The van der Waals surface area contributed by atoms with Gasteiger partial charge in [-0.05, 0) is 43.4 Å². The second kappa shape index (κ2) is 5.89. The Morgan fingerprint density at radius 3 is 2.86 bits per heavy atom. The summed E-state index contributed by atoms with van der Waals surface area (Å²) >= 11 is 5.91. The zero-order chi connectivity index (χ0) is 15.7. The molecule has 0 atom stereocenters. The van der Waals surface area contributed by atoms with Gasteiger partial charge in [0.2, 0.25) is 0 Å². The Balaban J connectivity index is 1.93. The minimum atomic E-state index is -3.72. The molecule has 0 unspecified atom stereocenters. The highest BCUT2D eigenvalue weighted by molar-refractivity contribution is 7.92. The molecule has 1 aliphatic rings. The lowest BCUT2D eigenvalue weighted by molar-refractivity contribution is 0.271. The third-order valence-corrected chi connectivity index (χ3v) is 5.42. The molecule has 0 spiro atoms. The molecule has 0 aromatic carbocycles. The van der Waals surface area contributed by atoms with E-state index in [1.165, 1.54) is 18.5 Å². The van der Waals surface area contributed by atoms with Crippen LogP contribution in [0.1, 0.15) is 37.8 Å². The van der Waals surface area contributed by atoms with Crippen LogP contribution in [-0.4, -0.2) is 23.2 Å². The van der Waals surface area contributed by atoms with Crippen LogP contribution in [0.15, 0.2) is 29.6 Å². The Kier molecular flexibility index (Phi) is 4.10. The van der Waals surface area contributed by atoms with Crippen molar-refractivity contribution >= 4 is 27.4 Å². The van der Waals surface area contributed by atoms with Crippen LogP contribution in [0, 0.1) is 0 Å². The second-order valence-electron chi connectivity index (χ2n) is 5.32. The van der Waals surface area contributed by atoms with Crippen molar-refractivity contribution in [3.8, 4) is 0 Å². The van der Waals surface area contributed by atoms with E-state index in [1.54, 1.807) is 10.7 Å². The Morgan fingerprint density at radius 1 is 1.45 bits per heavy atom. The van der Waals surface area contributed by atoms with Gasteiger partial charge >= 0.3 is 0 Å². The number of sulfonamides is 1. The Bertz CT molecular complexity index is 784. The molecule has 6 nitrogen and oxygen atoms in total. The summed E-state index contributed by atoms with van der Waals surface area (Å²) in [5, 5.41) is 4.82. The van der Waals surface area contributed by atoms with Crippen molar-refractivity contribution in [3.05, 3.63) is 35.1 Å². The van der Waals surface area contributed by atoms with E-state index in [0.717, 1.165) is 24.8 Å². The summed E-state index contributed by atoms with van der Waals surface area (Å²) in [6.07, 6.45) is 6.61. The summed E-state index contributed by atoms with van der Waals surface area (Å²) < 4.78 is 29.4. The molecule has 8 heteroatoms. The van der Waals surface area contributed by atoms with Crippen molar-refractivity contribution in [1.29, 1.82) is 0 Å². The van der Waals surface area contributed by atoms with E-state index >= 15 is 0 Å². The molecule has 1 N–H and O–H groups in total. The van der Waals surface area contributed by atoms with Crippen molar-refractivity contribution in [3.63, 3.8) is 0 Å². The third kappa shape index (κ3) is 2.83. The summed E-state index contributed by atoms with van der Waals surface area (Å²) in [5.74, 6) is 0.313. The maximum absolute atomic E-state index is 12.6. The number of nitrogens with zero attached hydrogens (tertiary/aromatic N) is 3. The minimum Gasteiger partial charge on any atom is -0.262 e. The summed E-state index contributed by atoms with van der Waals surface area (Å²) in [5.41, 5.74) is 0.755. The summed E-state index contributed by atoms with van der Waals surface area (Å²) in [7, 11) is -3.72. The summed E-state index contributed by atoms with van der Waals surface area (Å²) in [6, 6.07) is 3.41. The number of pyridine rings is 1. The van der Waals surface area contributed by atoms with Gasteiger partial charge in [0.05, 0.1) is 17.3 Å². The molecule has 22 heavy (non-hydrogen) atoms. The Hall–Kier alpha value is -1.60. The standard InChI is InChI=1S/C14H17ClN4O2S/c1-2-10-8-11(15)9-16-14(10)18-22(20,21)13-6-7-17-19(13)12-4-3-5-12/h6-9,12H,2-5H2,1H3,(H,16,18). The molecule has 2 heterocycles. The normalized spacial score (nSPS) is 15.5. The molecule has 1 saturated carbocycles. The summed E-state index contributed by atoms with van der Waals surface area (Å²) in [6.45, 7) is 1.92. The largest absolute Gasteiger partial charge is 0.280 e. The SMILES string of the molecule is CCc1cc(Cl)cnc1NS(=O)(=O)c1ccnn1C1CCC1. The van der Waals surface area contributed by atoms with E-state index in [0.29, 0.717) is 17.3 Å². The van der Waals surface area contributed by atoms with Crippen molar-refractivity contribution in [1.82, 2.24) is 14.8 Å². The molecule has 1 fully saturated rings. The van der Waals surface area contributed by atoms with Crippen molar-refractivity contribution in [2.45, 2.75) is 43.7 Å². The van der Waals surface area contributed by atoms with E-state index in [1.807, 2.05) is 6.92 Å². The van der Waals surface area contributed by atoms with Crippen molar-refractivity contribution < 1.29 is 8.42 Å². The third-order valence-electron chi connectivity index (χ3n) is 3.88. The average Bonchev–Trinajstić information content (AvgIpc) is 2.88. The van der Waals surface area contributed by atoms with E-state index in [4.69, 9.17) is 11.6 Å². The van der Waals surface area contributed by atoms with Gasteiger partial charge in [-0.15, -0.1) is 0 Å².